The molecule has 2 aliphatic heterocycles. The van der Waals surface area contributed by atoms with Crippen LogP contribution in [0.15, 0.2) is 24.3 Å². The first-order valence-corrected chi connectivity index (χ1v) is 6.06. The Balaban J connectivity index is 1.77. The lowest BCUT2D eigenvalue weighted by Gasteiger charge is -2.32. The zero-order chi connectivity index (χ0) is 11.7. The van der Waals surface area contributed by atoms with Crippen molar-refractivity contribution in [3.63, 3.8) is 0 Å². The number of hydrogen-bond donors (Lipinski definition) is 1. The van der Waals surface area contributed by atoms with E-state index in [1.54, 1.807) is 12.1 Å². The largest absolute Gasteiger partial charge is 0.347 e. The highest BCUT2D eigenvalue weighted by Crippen LogP contribution is 2.39. The summed E-state index contributed by atoms with van der Waals surface area (Å²) in [7, 11) is 0. The summed E-state index contributed by atoms with van der Waals surface area (Å²) < 4.78 is 25.4. The fourth-order valence-corrected chi connectivity index (χ4v) is 2.51. The maximum atomic E-state index is 13.6. The molecule has 1 atom stereocenters. The summed E-state index contributed by atoms with van der Waals surface area (Å²) in [4.78, 5) is 0. The van der Waals surface area contributed by atoms with Gasteiger partial charge in [-0.3, -0.25) is 0 Å². The van der Waals surface area contributed by atoms with Gasteiger partial charge in [-0.25, -0.2) is 4.39 Å². The van der Waals surface area contributed by atoms with E-state index in [1.807, 2.05) is 6.07 Å². The molecule has 1 unspecified atom stereocenters. The number of benzene rings is 1. The number of ether oxygens (including phenoxy) is 2. The maximum absolute atomic E-state index is 13.6. The summed E-state index contributed by atoms with van der Waals surface area (Å²) in [6.07, 6.45) is 1.39. The minimum absolute atomic E-state index is 0.216. The van der Waals surface area contributed by atoms with Gasteiger partial charge < -0.3 is 14.8 Å². The van der Waals surface area contributed by atoms with Crippen molar-refractivity contribution >= 4 is 0 Å². The zero-order valence-electron chi connectivity index (χ0n) is 9.62. The molecule has 2 aliphatic rings. The minimum atomic E-state index is -0.488. The Bertz CT molecular complexity index is 404. The number of halogens is 1. The van der Waals surface area contributed by atoms with Crippen molar-refractivity contribution in [1.29, 1.82) is 0 Å². The molecule has 0 aliphatic carbocycles. The number of hydrogen-bond acceptors (Lipinski definition) is 3. The Hall–Kier alpha value is -0.970. The van der Waals surface area contributed by atoms with Gasteiger partial charge in [-0.2, -0.15) is 0 Å². The molecule has 0 saturated carbocycles. The summed E-state index contributed by atoms with van der Waals surface area (Å²) in [6.45, 7) is 2.23. The van der Waals surface area contributed by atoms with E-state index in [2.05, 4.69) is 5.32 Å². The monoisotopic (exact) mass is 237 g/mol. The average Bonchev–Trinajstić information content (AvgIpc) is 2.74. The second kappa shape index (κ2) is 4.37. The molecule has 2 heterocycles. The van der Waals surface area contributed by atoms with Crippen LogP contribution in [0.3, 0.4) is 0 Å². The van der Waals surface area contributed by atoms with Gasteiger partial charge in [0, 0.05) is 31.5 Å². The van der Waals surface area contributed by atoms with Gasteiger partial charge >= 0.3 is 0 Å². The van der Waals surface area contributed by atoms with Crippen molar-refractivity contribution in [2.45, 2.75) is 24.7 Å². The van der Waals surface area contributed by atoms with Crippen molar-refractivity contribution in [2.24, 2.45) is 0 Å². The van der Waals surface area contributed by atoms with Gasteiger partial charge in [0.15, 0.2) is 5.79 Å². The van der Waals surface area contributed by atoms with Crippen molar-refractivity contribution in [3.05, 3.63) is 35.6 Å². The third-order valence-electron chi connectivity index (χ3n) is 3.47. The molecule has 1 N–H and O–H groups in total. The molecule has 3 nitrogen and oxygen atoms in total. The van der Waals surface area contributed by atoms with E-state index in [0.29, 0.717) is 12.2 Å². The molecule has 92 valence electrons. The summed E-state index contributed by atoms with van der Waals surface area (Å²) >= 11 is 0. The lowest BCUT2D eigenvalue weighted by Crippen LogP contribution is -2.42. The molecule has 2 fully saturated rings. The first-order valence-electron chi connectivity index (χ1n) is 6.06. The van der Waals surface area contributed by atoms with E-state index in [4.69, 9.17) is 9.47 Å². The van der Waals surface area contributed by atoms with Gasteiger partial charge in [0.1, 0.15) is 11.9 Å². The van der Waals surface area contributed by atoms with Crippen LogP contribution < -0.4 is 5.32 Å². The molecule has 3 rings (SSSR count). The van der Waals surface area contributed by atoms with E-state index in [-0.39, 0.29) is 11.9 Å². The van der Waals surface area contributed by atoms with Gasteiger partial charge in [-0.1, -0.05) is 18.2 Å². The van der Waals surface area contributed by atoms with Crippen LogP contribution in [0.5, 0.6) is 0 Å². The SMILES string of the molecule is Fc1ccccc1C1COC2(CCNCC2)O1. The van der Waals surface area contributed by atoms with Crippen LogP contribution in [0.25, 0.3) is 0 Å². The van der Waals surface area contributed by atoms with Crippen LogP contribution in [0, 0.1) is 5.82 Å². The summed E-state index contributed by atoms with van der Waals surface area (Å²) in [5.41, 5.74) is 0.600. The first-order chi connectivity index (χ1) is 8.29. The van der Waals surface area contributed by atoms with Gasteiger partial charge in [-0.15, -0.1) is 0 Å². The minimum Gasteiger partial charge on any atom is -0.347 e. The second-order valence-corrected chi connectivity index (χ2v) is 4.60. The summed E-state index contributed by atoms with van der Waals surface area (Å²) in [6, 6.07) is 6.75. The Morgan fingerprint density at radius 3 is 2.76 bits per heavy atom. The molecule has 1 spiro atoms. The third kappa shape index (κ3) is 2.08. The fourth-order valence-electron chi connectivity index (χ4n) is 2.51. The number of nitrogens with one attached hydrogen (secondary N) is 1. The Morgan fingerprint density at radius 1 is 1.24 bits per heavy atom. The molecular weight excluding hydrogens is 221 g/mol. The topological polar surface area (TPSA) is 30.5 Å². The quantitative estimate of drug-likeness (QED) is 0.810. The van der Waals surface area contributed by atoms with Crippen LogP contribution in [-0.4, -0.2) is 25.5 Å². The van der Waals surface area contributed by atoms with Crippen LogP contribution in [0.2, 0.25) is 0 Å². The lowest BCUT2D eigenvalue weighted by molar-refractivity contribution is -0.184. The lowest BCUT2D eigenvalue weighted by atomic mass is 10.1. The fraction of sp³-hybridized carbons (Fsp3) is 0.538. The predicted octanol–water partition coefficient (Wildman–Crippen LogP) is 1.99. The Kier molecular flexibility index (Phi) is 2.86. The molecule has 1 aromatic carbocycles. The van der Waals surface area contributed by atoms with E-state index < -0.39 is 5.79 Å². The molecule has 0 bridgehead atoms. The molecule has 0 radical (unpaired) electrons. The molecule has 2 saturated heterocycles. The second-order valence-electron chi connectivity index (χ2n) is 4.60. The van der Waals surface area contributed by atoms with Crippen molar-refractivity contribution < 1.29 is 13.9 Å². The molecule has 1 aromatic rings. The Morgan fingerprint density at radius 2 is 2.00 bits per heavy atom. The van der Waals surface area contributed by atoms with Gasteiger partial charge in [0.2, 0.25) is 0 Å². The summed E-state index contributed by atoms with van der Waals surface area (Å²) in [5, 5.41) is 3.27. The number of piperidine rings is 1. The van der Waals surface area contributed by atoms with Crippen molar-refractivity contribution in [3.8, 4) is 0 Å². The first kappa shape index (κ1) is 11.1. The van der Waals surface area contributed by atoms with Gasteiger partial charge in [0.05, 0.1) is 6.61 Å². The maximum Gasteiger partial charge on any atom is 0.171 e. The molecule has 0 amide bonds. The molecule has 4 heteroatoms. The van der Waals surface area contributed by atoms with E-state index in [9.17, 15) is 4.39 Å². The van der Waals surface area contributed by atoms with Gasteiger partial charge in [0.25, 0.3) is 0 Å². The average molecular weight is 237 g/mol. The van der Waals surface area contributed by atoms with Crippen LogP contribution in [-0.2, 0) is 9.47 Å². The predicted molar refractivity (Wildman–Crippen MR) is 61.0 cm³/mol. The summed E-state index contributed by atoms with van der Waals surface area (Å²) in [5.74, 6) is -0.704. The molecule has 17 heavy (non-hydrogen) atoms. The normalized spacial score (nSPS) is 27.5. The highest BCUT2D eigenvalue weighted by Gasteiger charge is 2.43. The van der Waals surface area contributed by atoms with E-state index in [0.717, 1.165) is 25.9 Å². The van der Waals surface area contributed by atoms with Crippen molar-refractivity contribution in [2.75, 3.05) is 19.7 Å². The van der Waals surface area contributed by atoms with E-state index >= 15 is 0 Å². The van der Waals surface area contributed by atoms with Gasteiger partial charge in [-0.05, 0) is 6.07 Å². The van der Waals surface area contributed by atoms with Crippen LogP contribution >= 0.6 is 0 Å². The third-order valence-corrected chi connectivity index (χ3v) is 3.47. The number of rotatable bonds is 1. The smallest absolute Gasteiger partial charge is 0.171 e. The Labute approximate surface area is 99.9 Å². The zero-order valence-corrected chi connectivity index (χ0v) is 9.62. The van der Waals surface area contributed by atoms with Crippen molar-refractivity contribution in [1.82, 2.24) is 5.32 Å². The standard InChI is InChI=1S/C13H16FNO2/c14-11-4-2-1-3-10(11)12-9-16-13(17-12)5-7-15-8-6-13/h1-4,12,15H,5-9H2. The van der Waals surface area contributed by atoms with Crippen LogP contribution in [0.4, 0.5) is 4.39 Å². The molecular formula is C13H16FNO2. The highest BCUT2D eigenvalue weighted by molar-refractivity contribution is 5.21. The van der Waals surface area contributed by atoms with E-state index in [1.165, 1.54) is 6.07 Å². The molecule has 0 aromatic heterocycles. The highest BCUT2D eigenvalue weighted by atomic mass is 19.1. The van der Waals surface area contributed by atoms with Crippen LogP contribution in [0.1, 0.15) is 24.5 Å².